The third kappa shape index (κ3) is 6.06. The lowest BCUT2D eigenvalue weighted by Gasteiger charge is -1.99. The third-order valence-electron chi connectivity index (χ3n) is 2.00. The molecule has 4 nitrogen and oxygen atoms in total. The Labute approximate surface area is 156 Å². The second-order valence-corrected chi connectivity index (χ2v) is 6.93. The van der Waals surface area contributed by atoms with Crippen LogP contribution in [0.5, 0.6) is 23.0 Å². The van der Waals surface area contributed by atoms with E-state index in [1.54, 1.807) is 0 Å². The number of hydrogen-bond acceptors (Lipinski definition) is 4. The molecule has 0 atom stereocenters. The van der Waals surface area contributed by atoms with Crippen molar-refractivity contribution in [2.75, 3.05) is 0 Å². The zero-order valence-electron chi connectivity index (χ0n) is 9.61. The number of halogens is 4. The molecule has 0 aliphatic heterocycles. The van der Waals surface area contributed by atoms with E-state index in [9.17, 15) is 0 Å². The third-order valence-corrected chi connectivity index (χ3v) is 4.42. The van der Waals surface area contributed by atoms with E-state index in [4.69, 9.17) is 20.4 Å². The fourth-order valence-electron chi connectivity index (χ4n) is 1.10. The maximum atomic E-state index is 9.13. The highest BCUT2D eigenvalue weighted by atomic mass is 79.9. The van der Waals surface area contributed by atoms with Gasteiger partial charge in [0.2, 0.25) is 0 Å². The zero-order chi connectivity index (χ0) is 15.4. The van der Waals surface area contributed by atoms with Gasteiger partial charge in [0.25, 0.3) is 0 Å². The van der Waals surface area contributed by atoms with Crippen molar-refractivity contribution >= 4 is 63.7 Å². The summed E-state index contributed by atoms with van der Waals surface area (Å²) in [6.07, 6.45) is 0. The van der Waals surface area contributed by atoms with E-state index < -0.39 is 0 Å². The predicted octanol–water partition coefficient (Wildman–Crippen LogP) is 5.88. The van der Waals surface area contributed by atoms with Gasteiger partial charge in [-0.1, -0.05) is 7.43 Å². The van der Waals surface area contributed by atoms with Gasteiger partial charge < -0.3 is 20.4 Å². The summed E-state index contributed by atoms with van der Waals surface area (Å²) in [7, 11) is 0. The number of phenolic OH excluding ortho intramolecular Hbond substituents is 4. The van der Waals surface area contributed by atoms with Crippen LogP contribution in [-0.4, -0.2) is 20.4 Å². The summed E-state index contributed by atoms with van der Waals surface area (Å²) in [4.78, 5) is 0. The molecule has 2 rings (SSSR count). The van der Waals surface area contributed by atoms with Crippen LogP contribution in [0.4, 0.5) is 0 Å². The second kappa shape index (κ2) is 8.87. The van der Waals surface area contributed by atoms with Crippen molar-refractivity contribution in [3.63, 3.8) is 0 Å². The summed E-state index contributed by atoms with van der Waals surface area (Å²) in [6.45, 7) is 0. The van der Waals surface area contributed by atoms with Gasteiger partial charge in [0.15, 0.2) is 0 Å². The molecule has 0 heterocycles. The maximum Gasteiger partial charge on any atom is 0.144 e. The van der Waals surface area contributed by atoms with E-state index >= 15 is 0 Å². The quantitative estimate of drug-likeness (QED) is 0.308. The van der Waals surface area contributed by atoms with E-state index in [0.29, 0.717) is 17.9 Å². The number of aromatic hydroxyl groups is 4. The molecule has 4 N–H and O–H groups in total. The molecule has 0 fully saturated rings. The lowest BCUT2D eigenvalue weighted by atomic mass is 10.3. The lowest BCUT2D eigenvalue weighted by Crippen LogP contribution is -1.71. The summed E-state index contributed by atoms with van der Waals surface area (Å²) in [5.41, 5.74) is 0. The van der Waals surface area contributed by atoms with Crippen LogP contribution in [-0.2, 0) is 0 Å². The van der Waals surface area contributed by atoms with Crippen LogP contribution in [0.2, 0.25) is 0 Å². The Morgan fingerprint density at radius 2 is 0.714 bits per heavy atom. The molecule has 0 unspecified atom stereocenters. The van der Waals surface area contributed by atoms with Crippen LogP contribution in [0.3, 0.4) is 0 Å². The van der Waals surface area contributed by atoms with Crippen LogP contribution < -0.4 is 0 Å². The minimum absolute atomic E-state index is 0. The van der Waals surface area contributed by atoms with Crippen molar-refractivity contribution in [1.29, 1.82) is 0 Å². The fraction of sp³-hybridized carbons (Fsp3) is 0.0769. The molecule has 116 valence electrons. The van der Waals surface area contributed by atoms with Gasteiger partial charge in [-0.3, -0.25) is 0 Å². The maximum absolute atomic E-state index is 9.13. The molecule has 0 radical (unpaired) electrons. The topological polar surface area (TPSA) is 80.9 Å². The zero-order valence-corrected chi connectivity index (χ0v) is 16.0. The monoisotopic (exact) mass is 548 g/mol. The number of phenols is 4. The molecule has 0 saturated heterocycles. The average Bonchev–Trinajstić information content (AvgIpc) is 2.33. The standard InChI is InChI=1S/2C6H4Br2O2.CH4/c2*7-4-1-3(9)2-5(8)6(4)10;/h2*1-2,9-10H;1H4. The first-order valence-corrected chi connectivity index (χ1v) is 8.13. The van der Waals surface area contributed by atoms with Gasteiger partial charge in [-0.05, 0) is 88.0 Å². The Morgan fingerprint density at radius 1 is 0.524 bits per heavy atom. The largest absolute Gasteiger partial charge is 0.508 e. The van der Waals surface area contributed by atoms with E-state index in [-0.39, 0.29) is 30.4 Å². The molecule has 0 bridgehead atoms. The molecular weight excluding hydrogens is 540 g/mol. The minimum Gasteiger partial charge on any atom is -0.508 e. The summed E-state index contributed by atoms with van der Waals surface area (Å²) < 4.78 is 1.89. The Bertz CT molecular complexity index is 530. The second-order valence-electron chi connectivity index (χ2n) is 3.52. The van der Waals surface area contributed by atoms with Crippen LogP contribution in [0, 0.1) is 0 Å². The van der Waals surface area contributed by atoms with Gasteiger partial charge in [0, 0.05) is 0 Å². The highest BCUT2D eigenvalue weighted by Crippen LogP contribution is 2.36. The van der Waals surface area contributed by atoms with Gasteiger partial charge >= 0.3 is 0 Å². The highest BCUT2D eigenvalue weighted by molar-refractivity contribution is 9.11. The van der Waals surface area contributed by atoms with Gasteiger partial charge in [-0.15, -0.1) is 0 Å². The molecule has 2 aromatic carbocycles. The molecule has 0 aliphatic rings. The Balaban J connectivity index is 0.000000364. The van der Waals surface area contributed by atoms with Crippen molar-refractivity contribution in [2.45, 2.75) is 7.43 Å². The summed E-state index contributed by atoms with van der Waals surface area (Å²) >= 11 is 12.2. The van der Waals surface area contributed by atoms with Gasteiger partial charge in [-0.25, -0.2) is 0 Å². The molecular formula is C13H12Br4O4. The van der Waals surface area contributed by atoms with E-state index in [1.807, 2.05) is 0 Å². The van der Waals surface area contributed by atoms with Crippen LogP contribution in [0.25, 0.3) is 0 Å². The summed E-state index contributed by atoms with van der Waals surface area (Å²) in [5, 5.41) is 36.1. The molecule has 0 aliphatic carbocycles. The van der Waals surface area contributed by atoms with Crippen molar-refractivity contribution in [2.24, 2.45) is 0 Å². The Kier molecular flexibility index (Phi) is 8.69. The fourth-order valence-corrected chi connectivity index (χ4v) is 3.43. The first-order valence-electron chi connectivity index (χ1n) is 4.96. The Morgan fingerprint density at radius 3 is 0.905 bits per heavy atom. The van der Waals surface area contributed by atoms with Crippen molar-refractivity contribution < 1.29 is 20.4 Å². The molecule has 0 saturated carbocycles. The normalized spacial score (nSPS) is 9.33. The first-order chi connectivity index (χ1) is 9.22. The molecule has 0 aromatic heterocycles. The van der Waals surface area contributed by atoms with Crippen LogP contribution in [0.15, 0.2) is 42.2 Å². The molecule has 21 heavy (non-hydrogen) atoms. The number of rotatable bonds is 0. The molecule has 8 heteroatoms. The smallest absolute Gasteiger partial charge is 0.144 e. The number of hydrogen-bond donors (Lipinski definition) is 4. The number of benzene rings is 2. The highest BCUT2D eigenvalue weighted by Gasteiger charge is 2.04. The van der Waals surface area contributed by atoms with Crippen LogP contribution in [0.1, 0.15) is 7.43 Å². The van der Waals surface area contributed by atoms with Gasteiger partial charge in [-0.2, -0.15) is 0 Å². The Hall–Kier alpha value is -0.440. The van der Waals surface area contributed by atoms with Crippen molar-refractivity contribution in [3.8, 4) is 23.0 Å². The van der Waals surface area contributed by atoms with Gasteiger partial charge in [0.05, 0.1) is 17.9 Å². The average molecular weight is 552 g/mol. The van der Waals surface area contributed by atoms with Gasteiger partial charge in [0.1, 0.15) is 23.0 Å². The first kappa shape index (κ1) is 20.6. The van der Waals surface area contributed by atoms with E-state index in [2.05, 4.69) is 63.7 Å². The molecule has 0 amide bonds. The molecule has 0 spiro atoms. The van der Waals surface area contributed by atoms with Crippen molar-refractivity contribution in [1.82, 2.24) is 0 Å². The minimum atomic E-state index is 0. The van der Waals surface area contributed by atoms with E-state index in [1.165, 1.54) is 24.3 Å². The van der Waals surface area contributed by atoms with Crippen molar-refractivity contribution in [3.05, 3.63) is 42.2 Å². The van der Waals surface area contributed by atoms with Crippen LogP contribution >= 0.6 is 63.7 Å². The summed E-state index contributed by atoms with van der Waals surface area (Å²) in [5.74, 6) is 0.406. The predicted molar refractivity (Wildman–Crippen MR) is 97.1 cm³/mol. The summed E-state index contributed by atoms with van der Waals surface area (Å²) in [6, 6.07) is 5.67. The lowest BCUT2D eigenvalue weighted by molar-refractivity contribution is 0.454. The van der Waals surface area contributed by atoms with E-state index in [0.717, 1.165) is 0 Å². The SMILES string of the molecule is C.Oc1cc(Br)c(O)c(Br)c1.Oc1cc(Br)c(O)c(Br)c1. The molecule has 2 aromatic rings.